The van der Waals surface area contributed by atoms with Crippen molar-refractivity contribution in [1.29, 1.82) is 0 Å². The van der Waals surface area contributed by atoms with Crippen molar-refractivity contribution in [2.75, 3.05) is 12.8 Å². The van der Waals surface area contributed by atoms with Crippen molar-refractivity contribution in [1.82, 2.24) is 5.32 Å². The summed E-state index contributed by atoms with van der Waals surface area (Å²) in [5, 5.41) is 3.03. The zero-order valence-electron chi connectivity index (χ0n) is 12.2. The van der Waals surface area contributed by atoms with Gasteiger partial charge in [-0.1, -0.05) is 12.8 Å². The molecule has 2 atom stereocenters. The molecule has 1 aromatic rings. The van der Waals surface area contributed by atoms with Crippen LogP contribution in [0.25, 0.3) is 0 Å². The zero-order chi connectivity index (χ0) is 15.5. The maximum absolute atomic E-state index is 12.2. The molecule has 1 aromatic carbocycles. The standard InChI is InChI=1S/C15H22N2O3S/c1-21(19,20)13-8-6-11(7-9-13)15(18)17-14-5-3-2-4-12(14)10-16/h6-9,12,14H,2-5,10,16H2,1H3,(H,17,18). The Morgan fingerprint density at radius 2 is 1.86 bits per heavy atom. The Bertz CT molecular complexity index is 596. The number of carbonyl (C=O) groups is 1. The lowest BCUT2D eigenvalue weighted by Crippen LogP contribution is -2.44. The molecule has 116 valence electrons. The van der Waals surface area contributed by atoms with E-state index < -0.39 is 9.84 Å². The van der Waals surface area contributed by atoms with Crippen LogP contribution in [0.4, 0.5) is 0 Å². The summed E-state index contributed by atoms with van der Waals surface area (Å²) in [5.41, 5.74) is 6.23. The topological polar surface area (TPSA) is 89.3 Å². The highest BCUT2D eigenvalue weighted by Gasteiger charge is 2.25. The summed E-state index contributed by atoms with van der Waals surface area (Å²) in [7, 11) is -3.23. The summed E-state index contributed by atoms with van der Waals surface area (Å²) in [6.45, 7) is 0.581. The lowest BCUT2D eigenvalue weighted by molar-refractivity contribution is 0.0908. The minimum Gasteiger partial charge on any atom is -0.349 e. The van der Waals surface area contributed by atoms with Crippen molar-refractivity contribution in [3.8, 4) is 0 Å². The highest BCUT2D eigenvalue weighted by molar-refractivity contribution is 7.90. The number of carbonyl (C=O) groups excluding carboxylic acids is 1. The second-order valence-corrected chi connectivity index (χ2v) is 7.67. The minimum atomic E-state index is -3.23. The van der Waals surface area contributed by atoms with E-state index in [9.17, 15) is 13.2 Å². The average Bonchev–Trinajstić information content (AvgIpc) is 2.47. The maximum Gasteiger partial charge on any atom is 0.251 e. The van der Waals surface area contributed by atoms with Crippen LogP contribution in [-0.2, 0) is 9.84 Å². The lowest BCUT2D eigenvalue weighted by Gasteiger charge is -2.31. The van der Waals surface area contributed by atoms with E-state index in [2.05, 4.69) is 5.32 Å². The summed E-state index contributed by atoms with van der Waals surface area (Å²) in [6.07, 6.45) is 5.42. The van der Waals surface area contributed by atoms with Gasteiger partial charge in [-0.05, 0) is 49.6 Å². The highest BCUT2D eigenvalue weighted by atomic mass is 32.2. The SMILES string of the molecule is CS(=O)(=O)c1ccc(C(=O)NC2CCCCC2CN)cc1. The average molecular weight is 310 g/mol. The predicted octanol–water partition coefficient (Wildman–Crippen LogP) is 1.34. The molecule has 3 N–H and O–H groups in total. The van der Waals surface area contributed by atoms with Crippen molar-refractivity contribution < 1.29 is 13.2 Å². The van der Waals surface area contributed by atoms with Crippen LogP contribution in [0, 0.1) is 5.92 Å². The van der Waals surface area contributed by atoms with Crippen LogP contribution in [0.1, 0.15) is 36.0 Å². The van der Waals surface area contributed by atoms with E-state index in [-0.39, 0.29) is 16.8 Å². The second-order valence-electron chi connectivity index (χ2n) is 5.66. The van der Waals surface area contributed by atoms with Gasteiger partial charge in [-0.25, -0.2) is 8.42 Å². The summed E-state index contributed by atoms with van der Waals surface area (Å²) in [5.74, 6) is 0.165. The van der Waals surface area contributed by atoms with Crippen LogP contribution in [0.3, 0.4) is 0 Å². The van der Waals surface area contributed by atoms with E-state index in [0.29, 0.717) is 18.0 Å². The van der Waals surface area contributed by atoms with E-state index in [1.807, 2.05) is 0 Å². The molecule has 1 saturated carbocycles. The zero-order valence-corrected chi connectivity index (χ0v) is 13.0. The van der Waals surface area contributed by atoms with E-state index in [0.717, 1.165) is 31.9 Å². The molecule has 0 bridgehead atoms. The number of hydrogen-bond donors (Lipinski definition) is 2. The van der Waals surface area contributed by atoms with Crippen LogP contribution in [0.15, 0.2) is 29.2 Å². The highest BCUT2D eigenvalue weighted by Crippen LogP contribution is 2.24. The number of nitrogens with two attached hydrogens (primary N) is 1. The van der Waals surface area contributed by atoms with Crippen molar-refractivity contribution in [2.45, 2.75) is 36.6 Å². The Morgan fingerprint density at radius 1 is 1.24 bits per heavy atom. The van der Waals surface area contributed by atoms with E-state index in [4.69, 9.17) is 5.73 Å². The van der Waals surface area contributed by atoms with E-state index in [1.54, 1.807) is 12.1 Å². The van der Waals surface area contributed by atoms with Gasteiger partial charge in [-0.3, -0.25) is 4.79 Å². The van der Waals surface area contributed by atoms with Gasteiger partial charge in [-0.15, -0.1) is 0 Å². The third-order valence-corrected chi connectivity index (χ3v) is 5.20. The molecule has 1 fully saturated rings. The summed E-state index contributed by atoms with van der Waals surface area (Å²) in [6, 6.07) is 6.14. The molecule has 6 heteroatoms. The first-order valence-corrected chi connectivity index (χ1v) is 9.12. The van der Waals surface area contributed by atoms with Gasteiger partial charge in [0.2, 0.25) is 0 Å². The fraction of sp³-hybridized carbons (Fsp3) is 0.533. The quantitative estimate of drug-likeness (QED) is 0.878. The van der Waals surface area contributed by atoms with Gasteiger partial charge >= 0.3 is 0 Å². The molecule has 2 rings (SSSR count). The molecule has 2 unspecified atom stereocenters. The van der Waals surface area contributed by atoms with Crippen LogP contribution >= 0.6 is 0 Å². The van der Waals surface area contributed by atoms with E-state index >= 15 is 0 Å². The lowest BCUT2D eigenvalue weighted by atomic mass is 9.84. The molecule has 0 radical (unpaired) electrons. The van der Waals surface area contributed by atoms with Crippen molar-refractivity contribution >= 4 is 15.7 Å². The van der Waals surface area contributed by atoms with Crippen LogP contribution < -0.4 is 11.1 Å². The van der Waals surface area contributed by atoms with Crippen molar-refractivity contribution in [2.24, 2.45) is 11.7 Å². The van der Waals surface area contributed by atoms with Gasteiger partial charge in [-0.2, -0.15) is 0 Å². The molecular weight excluding hydrogens is 288 g/mol. The molecule has 0 heterocycles. The second kappa shape index (κ2) is 6.58. The van der Waals surface area contributed by atoms with Crippen molar-refractivity contribution in [3.05, 3.63) is 29.8 Å². The van der Waals surface area contributed by atoms with Crippen LogP contribution in [0.5, 0.6) is 0 Å². The number of amides is 1. The third-order valence-electron chi connectivity index (χ3n) is 4.07. The summed E-state index contributed by atoms with van der Waals surface area (Å²) < 4.78 is 22.8. The molecular formula is C15H22N2O3S. The number of nitrogens with one attached hydrogen (secondary N) is 1. The molecule has 0 spiro atoms. The first-order valence-electron chi connectivity index (χ1n) is 7.23. The van der Waals surface area contributed by atoms with Gasteiger partial charge in [0, 0.05) is 17.9 Å². The van der Waals surface area contributed by atoms with Crippen LogP contribution in [0.2, 0.25) is 0 Å². The van der Waals surface area contributed by atoms with E-state index in [1.165, 1.54) is 12.1 Å². The molecule has 1 aliphatic carbocycles. The van der Waals surface area contributed by atoms with Gasteiger partial charge in [0.25, 0.3) is 5.91 Å². The molecule has 0 aliphatic heterocycles. The Kier molecular flexibility index (Phi) is 5.00. The third kappa shape index (κ3) is 4.04. The first-order chi connectivity index (χ1) is 9.91. The summed E-state index contributed by atoms with van der Waals surface area (Å²) in [4.78, 5) is 12.5. The maximum atomic E-state index is 12.2. The molecule has 0 aromatic heterocycles. The van der Waals surface area contributed by atoms with Crippen LogP contribution in [-0.4, -0.2) is 33.2 Å². The fourth-order valence-corrected chi connectivity index (χ4v) is 3.42. The van der Waals surface area contributed by atoms with Gasteiger partial charge < -0.3 is 11.1 Å². The Labute approximate surface area is 125 Å². The van der Waals surface area contributed by atoms with Gasteiger partial charge in [0.05, 0.1) is 4.90 Å². The van der Waals surface area contributed by atoms with Gasteiger partial charge in [0.15, 0.2) is 9.84 Å². The number of rotatable bonds is 4. The normalized spacial score (nSPS) is 22.8. The minimum absolute atomic E-state index is 0.117. The van der Waals surface area contributed by atoms with Gasteiger partial charge in [0.1, 0.15) is 0 Å². The van der Waals surface area contributed by atoms with Crippen molar-refractivity contribution in [3.63, 3.8) is 0 Å². The molecule has 0 saturated heterocycles. The smallest absolute Gasteiger partial charge is 0.251 e. The molecule has 1 amide bonds. The molecule has 1 aliphatic rings. The Morgan fingerprint density at radius 3 is 2.43 bits per heavy atom. The fourth-order valence-electron chi connectivity index (χ4n) is 2.79. The Hall–Kier alpha value is -1.40. The first kappa shape index (κ1) is 16.0. The summed E-state index contributed by atoms with van der Waals surface area (Å²) >= 11 is 0. The number of sulfone groups is 1. The monoisotopic (exact) mass is 310 g/mol. The number of benzene rings is 1. The predicted molar refractivity (Wildman–Crippen MR) is 81.8 cm³/mol. The number of hydrogen-bond acceptors (Lipinski definition) is 4. The largest absolute Gasteiger partial charge is 0.349 e. The molecule has 21 heavy (non-hydrogen) atoms. The molecule has 5 nitrogen and oxygen atoms in total. The Balaban J connectivity index is 2.06.